The number of hydrogen-bond donors (Lipinski definition) is 6. The van der Waals surface area contributed by atoms with Crippen LogP contribution in [-0.2, 0) is 94.7 Å². The molecule has 16 unspecified atom stereocenters. The molecule has 0 bridgehead atoms. The number of alkyl carbamates (subject to hydrolysis) is 4. The average molecular weight is 2070 g/mol. The normalized spacial score (nSPS) is 40.9. The lowest BCUT2D eigenvalue weighted by Gasteiger charge is -2.48. The summed E-state index contributed by atoms with van der Waals surface area (Å²) in [5.41, 5.74) is 0. The van der Waals surface area contributed by atoms with Gasteiger partial charge in [-0.15, -0.1) is 13.2 Å². The third-order valence-electron chi connectivity index (χ3n) is 28.5. The van der Waals surface area contributed by atoms with Crippen LogP contribution in [0.4, 0.5) is 19.2 Å². The monoisotopic (exact) mass is 2060 g/mol. The number of aliphatic hydroxyl groups is 2. The van der Waals surface area contributed by atoms with Gasteiger partial charge in [-0.2, -0.15) is 0 Å². The molecule has 40 atom stereocenters. The highest BCUT2D eigenvalue weighted by Gasteiger charge is 2.53. The van der Waals surface area contributed by atoms with Gasteiger partial charge >= 0.3 is 24.4 Å². The van der Waals surface area contributed by atoms with Crippen LogP contribution in [-0.4, -0.2) is 266 Å². The first-order valence-electron chi connectivity index (χ1n) is 44.3. The van der Waals surface area contributed by atoms with Gasteiger partial charge in [0.05, 0.1) is 139 Å². The quantitative estimate of drug-likeness (QED) is 0.0198. The Hall–Kier alpha value is -0.680. The minimum atomic E-state index is -1.82. The summed E-state index contributed by atoms with van der Waals surface area (Å²) in [4.78, 5) is 52.2. The maximum absolute atomic E-state index is 13.1. The molecule has 8 heterocycles. The number of aliphatic hydroxyl groups excluding tert-OH is 2. The highest BCUT2D eigenvalue weighted by atomic mass is 35.6. The highest BCUT2D eigenvalue weighted by molar-refractivity contribution is 6.69. The van der Waals surface area contributed by atoms with Crippen molar-refractivity contribution in [2.24, 2.45) is 118 Å². The number of nitrogens with one attached hydrogen (secondary N) is 4. The first kappa shape index (κ1) is 114. The van der Waals surface area contributed by atoms with Gasteiger partial charge in [-0.3, -0.25) is 0 Å². The molecule has 0 aromatic rings. The van der Waals surface area contributed by atoms with Crippen molar-refractivity contribution >= 4 is 164 Å². The number of rotatable bonds is 34. The maximum Gasteiger partial charge on any atom is 0.407 e. The zero-order chi connectivity index (χ0) is 95.7. The molecule has 744 valence electrons. The zero-order valence-electron chi connectivity index (χ0n) is 76.8. The Bertz CT molecular complexity index is 3350. The van der Waals surface area contributed by atoms with E-state index in [2.05, 4.69) is 118 Å². The van der Waals surface area contributed by atoms with Crippen LogP contribution in [0.1, 0.15) is 138 Å². The Balaban J connectivity index is 0.000000351. The Kier molecular flexibility index (Phi) is 46.4. The molecular formula is C86H140Cl12N4O26. The third kappa shape index (κ3) is 33.3. The molecule has 0 aliphatic carbocycles. The van der Waals surface area contributed by atoms with E-state index in [9.17, 15) is 29.4 Å². The van der Waals surface area contributed by atoms with Gasteiger partial charge in [0.1, 0.15) is 26.4 Å². The van der Waals surface area contributed by atoms with Crippen molar-refractivity contribution in [1.29, 1.82) is 0 Å². The topological polar surface area (TPSA) is 341 Å². The van der Waals surface area contributed by atoms with Crippen LogP contribution in [0.2, 0.25) is 0 Å². The van der Waals surface area contributed by atoms with Gasteiger partial charge in [0, 0.05) is 23.7 Å². The lowest BCUT2D eigenvalue weighted by Crippen LogP contribution is -2.61. The number of carbonyl (C=O) groups excluding carboxylic acids is 4. The zero-order valence-corrected chi connectivity index (χ0v) is 85.9. The van der Waals surface area contributed by atoms with Gasteiger partial charge in [-0.1, -0.05) is 290 Å². The SMILES string of the molecule is C=CCO[C@@H]1OC(CO[C@@H]2OC(CO[C@@H]3OC(CO[C@@H]4OC(CO)[C@@H](C)[C@H](C)C4C)[C@@H](C)[C@H](C)C3NC(=O)OCC(Cl)(Cl)Cl)[C@@H](C)[C@H](C)C2NC(=O)OCC(Cl)(Cl)Cl)[C@@H](C)[C@H](C)C1C.C=CCO[C@@H]1OC(CO[C@@H]2OC(CO[C@@H]3OC(CO[C@@H]4OC(CO)[C@@H](C)[C@H](C)C4NC(=O)OCC(Cl)(Cl)Cl)[C@@H](C)[C@H](C)C3NC(=O)OCC(Cl)(Cl)Cl)[C@@H](C)[C@H](C)C2C)[C@@H](C)[C@H](C)C1C. The van der Waals surface area contributed by atoms with Crippen LogP contribution in [0, 0.1) is 118 Å². The molecule has 128 heavy (non-hydrogen) atoms. The number of halogens is 12. The van der Waals surface area contributed by atoms with Crippen molar-refractivity contribution in [2.45, 2.75) is 277 Å². The van der Waals surface area contributed by atoms with E-state index < -0.39 is 165 Å². The predicted octanol–water partition coefficient (Wildman–Crippen LogP) is 16.8. The Morgan fingerprint density at radius 1 is 0.258 bits per heavy atom. The van der Waals surface area contributed by atoms with Crippen LogP contribution in [0.3, 0.4) is 0 Å². The fourth-order valence-corrected chi connectivity index (χ4v) is 18.2. The Morgan fingerprint density at radius 2 is 0.422 bits per heavy atom. The van der Waals surface area contributed by atoms with E-state index in [1.807, 2.05) is 55.4 Å². The Morgan fingerprint density at radius 3 is 0.625 bits per heavy atom. The highest BCUT2D eigenvalue weighted by Crippen LogP contribution is 2.45. The van der Waals surface area contributed by atoms with Crippen molar-refractivity contribution in [3.8, 4) is 0 Å². The largest absolute Gasteiger partial charge is 0.445 e. The summed E-state index contributed by atoms with van der Waals surface area (Å²) in [7, 11) is 0. The maximum atomic E-state index is 13.1. The molecule has 8 aliphatic heterocycles. The molecule has 0 spiro atoms. The van der Waals surface area contributed by atoms with Crippen molar-refractivity contribution in [3.63, 3.8) is 0 Å². The molecular weight excluding hydrogens is 1930 g/mol. The number of hydrogen-bond acceptors (Lipinski definition) is 26. The van der Waals surface area contributed by atoms with Crippen LogP contribution in [0.25, 0.3) is 0 Å². The first-order chi connectivity index (χ1) is 59.7. The lowest BCUT2D eigenvalue weighted by molar-refractivity contribution is -0.306. The third-order valence-corrected chi connectivity index (χ3v) is 29.9. The van der Waals surface area contributed by atoms with E-state index in [-0.39, 0.29) is 183 Å². The smallest absolute Gasteiger partial charge is 0.407 e. The van der Waals surface area contributed by atoms with E-state index >= 15 is 0 Å². The van der Waals surface area contributed by atoms with E-state index in [0.29, 0.717) is 25.7 Å². The lowest BCUT2D eigenvalue weighted by atomic mass is 9.78. The van der Waals surface area contributed by atoms with Crippen molar-refractivity contribution in [1.82, 2.24) is 21.3 Å². The summed E-state index contributed by atoms with van der Waals surface area (Å²) in [5.74, 6) is 0.0465. The Labute approximate surface area is 816 Å². The van der Waals surface area contributed by atoms with Crippen molar-refractivity contribution in [2.75, 3.05) is 92.5 Å². The number of ether oxygens (including phenoxy) is 20. The molecule has 8 aliphatic rings. The van der Waals surface area contributed by atoms with Gasteiger partial charge in [-0.25, -0.2) is 19.2 Å². The summed E-state index contributed by atoms with van der Waals surface area (Å²) in [5, 5.41) is 31.6. The molecule has 0 saturated carbocycles. The average Bonchev–Trinajstić information content (AvgIpc) is 0.789. The fraction of sp³-hybridized carbons (Fsp3) is 0.907. The first-order valence-corrected chi connectivity index (χ1v) is 48.9. The van der Waals surface area contributed by atoms with Crippen LogP contribution < -0.4 is 21.3 Å². The molecule has 6 N–H and O–H groups in total. The standard InChI is InChI=1S/2C43H70Cl6N2O13/c1-12-13-55-36-28(10)21(3)23(5)31(62-36)16-57-38-35(51-41(54)60-19-43(47,48)49)27(9)25(7)33(64-38)17-58-39-34(50-40(53)59-18-42(44,45)46)26(8)24(6)32(63-39)15-56-37-29(11)20(2)22(4)30(14-52)61-37;1-12-13-55-36-28(10)20(2)22(4)31(62-36)15-56-37-29(11)21(3)23(5)32(63-37)16-58-39-35(51-41(54)60-19-43(47,48)49)27(9)25(7)33(64-39)17-57-38-34(26(8)24(6)30(14-52)61-38)50-40(53)59-18-42(44,45)46/h2*12,20-39,52H,1,13-19H2,2-11H3,(H,50,53)(H,51,54)/t2*20-,21-,22-,23-,24-,25-,26-,27-,28?,29?,30?,31?,32?,33?,34?,35?,36+,37+,38+,39+/m00/s1. The fourth-order valence-electron chi connectivity index (χ4n) is 17.6. The summed E-state index contributed by atoms with van der Waals surface area (Å²) >= 11 is 70.2. The van der Waals surface area contributed by atoms with E-state index in [0.717, 1.165) is 0 Å². The second-order valence-electron chi connectivity index (χ2n) is 36.6. The van der Waals surface area contributed by atoms with Crippen molar-refractivity contribution in [3.05, 3.63) is 25.3 Å². The number of amides is 4. The van der Waals surface area contributed by atoms with Crippen LogP contribution in [0.5, 0.6) is 0 Å². The van der Waals surface area contributed by atoms with Crippen molar-refractivity contribution < 1.29 is 124 Å². The molecule has 8 rings (SSSR count). The predicted molar refractivity (Wildman–Crippen MR) is 489 cm³/mol. The molecule has 0 aromatic heterocycles. The molecule has 30 nitrogen and oxygen atoms in total. The van der Waals surface area contributed by atoms with E-state index in [1.54, 1.807) is 12.2 Å². The van der Waals surface area contributed by atoms with Crippen LogP contribution in [0.15, 0.2) is 25.3 Å². The van der Waals surface area contributed by atoms with Crippen LogP contribution >= 0.6 is 139 Å². The molecule has 0 aromatic carbocycles. The van der Waals surface area contributed by atoms with Gasteiger partial charge in [-0.05, 0) is 94.7 Å². The second kappa shape index (κ2) is 52.0. The molecule has 4 amide bonds. The number of carbonyl (C=O) groups is 4. The van der Waals surface area contributed by atoms with E-state index in [1.165, 1.54) is 0 Å². The van der Waals surface area contributed by atoms with Gasteiger partial charge in [0.25, 0.3) is 0 Å². The minimum absolute atomic E-state index is 0.0186. The van der Waals surface area contributed by atoms with Gasteiger partial charge in [0.2, 0.25) is 15.2 Å². The van der Waals surface area contributed by atoms with Gasteiger partial charge in [0.15, 0.2) is 50.3 Å². The summed E-state index contributed by atoms with van der Waals surface area (Å²) < 4.78 is 116. The summed E-state index contributed by atoms with van der Waals surface area (Å²) in [6, 6.07) is -2.89. The van der Waals surface area contributed by atoms with E-state index in [4.69, 9.17) is 234 Å². The molecule has 0 radical (unpaired) electrons. The molecule has 8 fully saturated rings. The summed E-state index contributed by atoms with van der Waals surface area (Å²) in [6.45, 7) is 47.6. The second-order valence-corrected chi connectivity index (χ2v) is 46.6. The molecule has 42 heteroatoms. The number of alkyl halides is 12. The molecule has 8 saturated heterocycles. The minimum Gasteiger partial charge on any atom is -0.445 e. The summed E-state index contributed by atoms with van der Waals surface area (Å²) in [6.07, 6.45) is -9.68. The van der Waals surface area contributed by atoms with Gasteiger partial charge < -0.3 is 126 Å².